The van der Waals surface area contributed by atoms with Crippen LogP contribution in [0.5, 0.6) is 11.5 Å². The van der Waals surface area contributed by atoms with Crippen molar-refractivity contribution in [1.29, 1.82) is 0 Å². The van der Waals surface area contributed by atoms with Gasteiger partial charge in [0.05, 0.1) is 19.3 Å². The molecule has 2 aromatic carbocycles. The van der Waals surface area contributed by atoms with E-state index < -0.39 is 0 Å². The maximum absolute atomic E-state index is 12.0. The fourth-order valence-corrected chi connectivity index (χ4v) is 2.01. The largest absolute Gasteiger partial charge is 0.493 e. The van der Waals surface area contributed by atoms with Gasteiger partial charge in [-0.05, 0) is 35.7 Å². The number of carbonyl (C=O) groups excluding carboxylic acids is 1. The molecule has 0 atom stereocenters. The van der Waals surface area contributed by atoms with Crippen molar-refractivity contribution in [3.63, 3.8) is 0 Å². The third kappa shape index (κ3) is 5.02. The first kappa shape index (κ1) is 16.9. The number of hydrogen-bond donors (Lipinski definition) is 0. The van der Waals surface area contributed by atoms with Gasteiger partial charge in [0.2, 0.25) is 0 Å². The van der Waals surface area contributed by atoms with Crippen LogP contribution in [0.3, 0.4) is 0 Å². The van der Waals surface area contributed by atoms with Gasteiger partial charge in [0, 0.05) is 0 Å². The number of benzene rings is 2. The molecule has 0 heterocycles. The zero-order valence-corrected chi connectivity index (χ0v) is 13.7. The minimum absolute atomic E-state index is 0.308. The van der Waals surface area contributed by atoms with Crippen molar-refractivity contribution in [1.82, 2.24) is 0 Å². The summed E-state index contributed by atoms with van der Waals surface area (Å²) >= 11 is 0. The number of carbonyl (C=O) groups is 1. The van der Waals surface area contributed by atoms with Crippen LogP contribution in [-0.4, -0.2) is 19.7 Å². The van der Waals surface area contributed by atoms with Gasteiger partial charge in [-0.25, -0.2) is 4.79 Å². The highest BCUT2D eigenvalue weighted by atomic mass is 16.5. The predicted molar refractivity (Wildman–Crippen MR) is 88.9 cm³/mol. The molecule has 122 valence electrons. The van der Waals surface area contributed by atoms with Crippen molar-refractivity contribution in [2.75, 3.05) is 13.7 Å². The second-order valence-corrected chi connectivity index (χ2v) is 5.63. The van der Waals surface area contributed by atoms with Crippen molar-refractivity contribution in [3.8, 4) is 11.5 Å². The van der Waals surface area contributed by atoms with Crippen molar-refractivity contribution < 1.29 is 19.0 Å². The second kappa shape index (κ2) is 8.22. The Labute approximate surface area is 137 Å². The summed E-state index contributed by atoms with van der Waals surface area (Å²) in [5, 5.41) is 0. The standard InChI is InChI=1S/C19H22O4/c1-14(2)12-23-19(20)16-8-6-7-15(11-16)13-22-18-10-5-4-9-17(18)21-3/h4-11,14H,12-13H2,1-3H3. The van der Waals surface area contributed by atoms with Crippen LogP contribution in [0.25, 0.3) is 0 Å². The Kier molecular flexibility index (Phi) is 6.03. The van der Waals surface area contributed by atoms with E-state index in [4.69, 9.17) is 14.2 Å². The van der Waals surface area contributed by atoms with E-state index in [1.807, 2.05) is 50.2 Å². The van der Waals surface area contributed by atoms with Crippen LogP contribution in [0.4, 0.5) is 0 Å². The van der Waals surface area contributed by atoms with E-state index in [0.717, 1.165) is 5.56 Å². The monoisotopic (exact) mass is 314 g/mol. The SMILES string of the molecule is COc1ccccc1OCc1cccc(C(=O)OCC(C)C)c1. The topological polar surface area (TPSA) is 44.8 Å². The fourth-order valence-electron chi connectivity index (χ4n) is 2.01. The Morgan fingerprint density at radius 1 is 1.04 bits per heavy atom. The zero-order chi connectivity index (χ0) is 16.7. The minimum Gasteiger partial charge on any atom is -0.493 e. The Morgan fingerprint density at radius 2 is 1.78 bits per heavy atom. The zero-order valence-electron chi connectivity index (χ0n) is 13.7. The molecule has 0 aliphatic rings. The van der Waals surface area contributed by atoms with Gasteiger partial charge in [0.1, 0.15) is 6.61 Å². The van der Waals surface area contributed by atoms with E-state index in [1.165, 1.54) is 0 Å². The fraction of sp³-hybridized carbons (Fsp3) is 0.316. The van der Waals surface area contributed by atoms with Crippen LogP contribution >= 0.6 is 0 Å². The summed E-state index contributed by atoms with van der Waals surface area (Å²) < 4.78 is 16.3. The summed E-state index contributed by atoms with van der Waals surface area (Å²) in [6.45, 7) is 4.78. The maximum Gasteiger partial charge on any atom is 0.338 e. The Hall–Kier alpha value is -2.49. The van der Waals surface area contributed by atoms with Gasteiger partial charge in [0.15, 0.2) is 11.5 Å². The average molecular weight is 314 g/mol. The smallest absolute Gasteiger partial charge is 0.338 e. The number of hydrogen-bond acceptors (Lipinski definition) is 4. The Balaban J connectivity index is 2.01. The van der Waals surface area contributed by atoms with Gasteiger partial charge >= 0.3 is 5.97 Å². The molecule has 0 aromatic heterocycles. The summed E-state index contributed by atoms with van der Waals surface area (Å²) in [5.41, 5.74) is 1.43. The molecule has 0 amide bonds. The number of rotatable bonds is 7. The highest BCUT2D eigenvalue weighted by molar-refractivity contribution is 5.89. The lowest BCUT2D eigenvalue weighted by Crippen LogP contribution is -2.10. The molecule has 0 saturated carbocycles. The van der Waals surface area contributed by atoms with Crippen molar-refractivity contribution in [2.45, 2.75) is 20.5 Å². The first-order chi connectivity index (χ1) is 11.1. The molecule has 0 fully saturated rings. The van der Waals surface area contributed by atoms with Crippen LogP contribution in [0, 0.1) is 5.92 Å². The van der Waals surface area contributed by atoms with Crippen LogP contribution in [0.15, 0.2) is 48.5 Å². The molecule has 2 rings (SSSR count). The summed E-state index contributed by atoms with van der Waals surface area (Å²) in [7, 11) is 1.60. The number of para-hydroxylation sites is 2. The van der Waals surface area contributed by atoms with Crippen molar-refractivity contribution in [2.24, 2.45) is 5.92 Å². The van der Waals surface area contributed by atoms with E-state index in [0.29, 0.717) is 36.2 Å². The number of methoxy groups -OCH3 is 1. The van der Waals surface area contributed by atoms with Gasteiger partial charge in [-0.1, -0.05) is 38.1 Å². The van der Waals surface area contributed by atoms with E-state index in [1.54, 1.807) is 19.2 Å². The van der Waals surface area contributed by atoms with Crippen LogP contribution in [-0.2, 0) is 11.3 Å². The van der Waals surface area contributed by atoms with Crippen molar-refractivity contribution in [3.05, 3.63) is 59.7 Å². The molecular formula is C19H22O4. The minimum atomic E-state index is -0.308. The van der Waals surface area contributed by atoms with Crippen LogP contribution in [0.2, 0.25) is 0 Å². The highest BCUT2D eigenvalue weighted by Gasteiger charge is 2.09. The third-order valence-electron chi connectivity index (χ3n) is 3.17. The first-order valence-electron chi connectivity index (χ1n) is 7.62. The molecule has 0 unspecified atom stereocenters. The van der Waals surface area contributed by atoms with E-state index in [-0.39, 0.29) is 5.97 Å². The van der Waals surface area contributed by atoms with Crippen LogP contribution < -0.4 is 9.47 Å². The summed E-state index contributed by atoms with van der Waals surface area (Å²) in [5.74, 6) is 1.36. The Bertz CT molecular complexity index is 649. The van der Waals surface area contributed by atoms with Crippen LogP contribution in [0.1, 0.15) is 29.8 Å². The van der Waals surface area contributed by atoms with Gasteiger partial charge in [-0.15, -0.1) is 0 Å². The number of ether oxygens (including phenoxy) is 3. The third-order valence-corrected chi connectivity index (χ3v) is 3.17. The number of esters is 1. The molecule has 0 radical (unpaired) electrons. The predicted octanol–water partition coefficient (Wildman–Crippen LogP) is 4.09. The van der Waals surface area contributed by atoms with Crippen molar-refractivity contribution >= 4 is 5.97 Å². The van der Waals surface area contributed by atoms with Gasteiger partial charge in [0.25, 0.3) is 0 Å². The summed E-state index contributed by atoms with van der Waals surface area (Å²) in [6.07, 6.45) is 0. The lowest BCUT2D eigenvalue weighted by Gasteiger charge is -2.11. The second-order valence-electron chi connectivity index (χ2n) is 5.63. The molecule has 0 spiro atoms. The van der Waals surface area contributed by atoms with Gasteiger partial charge < -0.3 is 14.2 Å². The molecule has 4 heteroatoms. The van der Waals surface area contributed by atoms with Gasteiger partial charge in [-0.2, -0.15) is 0 Å². The molecule has 0 saturated heterocycles. The quantitative estimate of drug-likeness (QED) is 0.722. The maximum atomic E-state index is 12.0. The normalized spacial score (nSPS) is 10.4. The van der Waals surface area contributed by atoms with E-state index >= 15 is 0 Å². The lowest BCUT2D eigenvalue weighted by molar-refractivity contribution is 0.0458. The summed E-state index contributed by atoms with van der Waals surface area (Å²) in [6, 6.07) is 14.7. The first-order valence-corrected chi connectivity index (χ1v) is 7.62. The molecule has 2 aromatic rings. The highest BCUT2D eigenvalue weighted by Crippen LogP contribution is 2.26. The van der Waals surface area contributed by atoms with Gasteiger partial charge in [-0.3, -0.25) is 0 Å². The van der Waals surface area contributed by atoms with E-state index in [2.05, 4.69) is 0 Å². The molecule has 0 N–H and O–H groups in total. The molecular weight excluding hydrogens is 292 g/mol. The Morgan fingerprint density at radius 3 is 2.48 bits per heavy atom. The summed E-state index contributed by atoms with van der Waals surface area (Å²) in [4.78, 5) is 12.0. The molecule has 0 aliphatic heterocycles. The lowest BCUT2D eigenvalue weighted by atomic mass is 10.1. The molecule has 0 bridgehead atoms. The van der Waals surface area contributed by atoms with E-state index in [9.17, 15) is 4.79 Å². The molecule has 4 nitrogen and oxygen atoms in total. The average Bonchev–Trinajstić information content (AvgIpc) is 2.58. The molecule has 23 heavy (non-hydrogen) atoms. The molecule has 0 aliphatic carbocycles.